The number of rotatable bonds is 9. The number of pyridine rings is 1. The van der Waals surface area contributed by atoms with Crippen molar-refractivity contribution in [2.45, 2.75) is 56.4 Å². The highest BCUT2D eigenvalue weighted by atomic mass is 35.5. The molecule has 1 saturated carbocycles. The number of hydrogen-bond donors (Lipinski definition) is 3. The van der Waals surface area contributed by atoms with Gasteiger partial charge in [-0.15, -0.1) is 0 Å². The molecule has 0 radical (unpaired) electrons. The summed E-state index contributed by atoms with van der Waals surface area (Å²) in [7, 11) is 1.85. The topological polar surface area (TPSA) is 83.5 Å². The third-order valence-electron chi connectivity index (χ3n) is 8.62. The Balaban J connectivity index is 1.33. The zero-order valence-corrected chi connectivity index (χ0v) is 22.8. The van der Waals surface area contributed by atoms with Gasteiger partial charge in [-0.1, -0.05) is 48.9 Å². The van der Waals surface area contributed by atoms with Gasteiger partial charge >= 0.3 is 5.97 Å². The summed E-state index contributed by atoms with van der Waals surface area (Å²) in [6.07, 6.45) is 6.60. The molecule has 1 fully saturated rings. The van der Waals surface area contributed by atoms with E-state index in [4.69, 9.17) is 16.3 Å². The molecule has 1 spiro atoms. The average Bonchev–Trinajstić information content (AvgIpc) is 3.21. The van der Waals surface area contributed by atoms with Crippen LogP contribution in [0.25, 0.3) is 0 Å². The molecular formula is C31H36ClN3O3. The first-order valence-corrected chi connectivity index (χ1v) is 13.8. The zero-order chi connectivity index (χ0) is 26.8. The molecular weight excluding hydrogens is 498 g/mol. The van der Waals surface area contributed by atoms with Crippen LogP contribution in [-0.4, -0.2) is 35.3 Å². The average molecular weight is 534 g/mol. The van der Waals surface area contributed by atoms with E-state index in [-0.39, 0.29) is 5.41 Å². The maximum absolute atomic E-state index is 12.6. The molecule has 2 aliphatic carbocycles. The number of aliphatic carboxylic acids is 1. The van der Waals surface area contributed by atoms with Crippen LogP contribution in [0.4, 0.5) is 11.5 Å². The predicted molar refractivity (Wildman–Crippen MR) is 152 cm³/mol. The molecule has 0 bridgehead atoms. The SMILES string of the molecule is CNc1cc(OC[C@H](C)CC2Cc3ccccc3C23CCC(Nc2cccc(Cl)c2)(C(=O)O)CC3)ccn1. The Hall–Kier alpha value is -3.25. The number of hydrogen-bond acceptors (Lipinski definition) is 5. The molecule has 3 aromatic rings. The second-order valence-electron chi connectivity index (χ2n) is 11.0. The number of carboxylic acids is 1. The standard InChI is InChI=1S/C31H36ClN3O3/c1-21(20-38-26-10-15-34-28(19-26)33-2)16-23-17-22-6-3-4-9-27(22)30(23)11-13-31(14-12-30,29(36)37)35-25-8-5-7-24(32)18-25/h3-10,15,18-19,21,23,35H,11-14,16-17,20H2,1-2H3,(H,33,34)(H,36,37)/t21-,23?,30?,31?/m1/s1. The number of nitrogens with zero attached hydrogens (tertiary/aromatic N) is 1. The van der Waals surface area contributed by atoms with Gasteiger partial charge in [0.25, 0.3) is 0 Å². The quantitative estimate of drug-likeness (QED) is 0.280. The van der Waals surface area contributed by atoms with Crippen LogP contribution in [0.1, 0.15) is 50.2 Å². The van der Waals surface area contributed by atoms with Gasteiger partial charge in [0.05, 0.1) is 6.61 Å². The Kier molecular flexibility index (Phi) is 7.53. The van der Waals surface area contributed by atoms with Gasteiger partial charge in [0.15, 0.2) is 0 Å². The molecule has 1 aromatic heterocycles. The van der Waals surface area contributed by atoms with Gasteiger partial charge in [0.2, 0.25) is 0 Å². The van der Waals surface area contributed by atoms with Gasteiger partial charge in [-0.05, 0) is 91.2 Å². The minimum atomic E-state index is -1.00. The Morgan fingerprint density at radius 2 is 1.92 bits per heavy atom. The Morgan fingerprint density at radius 1 is 1.13 bits per heavy atom. The minimum absolute atomic E-state index is 0.0181. The molecule has 1 unspecified atom stereocenters. The Morgan fingerprint density at radius 3 is 2.66 bits per heavy atom. The van der Waals surface area contributed by atoms with E-state index in [1.807, 2.05) is 31.3 Å². The summed E-state index contributed by atoms with van der Waals surface area (Å²) in [5.41, 5.74) is 2.55. The molecule has 2 atom stereocenters. The van der Waals surface area contributed by atoms with Crippen LogP contribution in [0.2, 0.25) is 5.02 Å². The van der Waals surface area contributed by atoms with E-state index < -0.39 is 11.5 Å². The first-order chi connectivity index (χ1) is 18.3. The number of carboxylic acid groups (broad SMARTS) is 1. The number of fused-ring (bicyclic) bond motifs is 2. The van der Waals surface area contributed by atoms with E-state index in [0.29, 0.717) is 36.3 Å². The van der Waals surface area contributed by atoms with Crippen LogP contribution >= 0.6 is 11.6 Å². The van der Waals surface area contributed by atoms with Gasteiger partial charge in [0.1, 0.15) is 17.1 Å². The third kappa shape index (κ3) is 5.19. The molecule has 2 aliphatic rings. The molecule has 38 heavy (non-hydrogen) atoms. The van der Waals surface area contributed by atoms with E-state index in [1.165, 1.54) is 11.1 Å². The first kappa shape index (κ1) is 26.4. The van der Waals surface area contributed by atoms with E-state index in [9.17, 15) is 9.90 Å². The molecule has 7 heteroatoms. The van der Waals surface area contributed by atoms with Gasteiger partial charge < -0.3 is 20.5 Å². The summed E-state index contributed by atoms with van der Waals surface area (Å²) in [6.45, 7) is 2.88. The monoisotopic (exact) mass is 533 g/mol. The van der Waals surface area contributed by atoms with Crippen molar-refractivity contribution >= 4 is 29.1 Å². The molecule has 6 nitrogen and oxygen atoms in total. The molecule has 0 aliphatic heterocycles. The fourth-order valence-electron chi connectivity index (χ4n) is 6.64. The van der Waals surface area contributed by atoms with Gasteiger partial charge in [-0.3, -0.25) is 0 Å². The number of carbonyl (C=O) groups is 1. The van der Waals surface area contributed by atoms with Crippen molar-refractivity contribution < 1.29 is 14.6 Å². The van der Waals surface area contributed by atoms with E-state index in [1.54, 1.807) is 18.3 Å². The van der Waals surface area contributed by atoms with Crippen molar-refractivity contribution in [3.63, 3.8) is 0 Å². The summed E-state index contributed by atoms with van der Waals surface area (Å²) in [4.78, 5) is 16.9. The fourth-order valence-corrected chi connectivity index (χ4v) is 6.83. The van der Waals surface area contributed by atoms with Crippen LogP contribution in [0.3, 0.4) is 0 Å². The highest BCUT2D eigenvalue weighted by Crippen LogP contribution is 2.56. The lowest BCUT2D eigenvalue weighted by molar-refractivity contribution is -0.144. The lowest BCUT2D eigenvalue weighted by Crippen LogP contribution is -2.53. The van der Waals surface area contributed by atoms with Crippen LogP contribution in [-0.2, 0) is 16.6 Å². The maximum Gasteiger partial charge on any atom is 0.329 e. The molecule has 2 aromatic carbocycles. The molecule has 5 rings (SSSR count). The molecule has 0 amide bonds. The number of nitrogens with one attached hydrogen (secondary N) is 2. The molecule has 0 saturated heterocycles. The summed E-state index contributed by atoms with van der Waals surface area (Å²) in [5.74, 6) is 1.61. The van der Waals surface area contributed by atoms with Crippen LogP contribution in [0, 0.1) is 11.8 Å². The van der Waals surface area contributed by atoms with Crippen molar-refractivity contribution in [1.82, 2.24) is 4.98 Å². The third-order valence-corrected chi connectivity index (χ3v) is 8.86. The summed E-state index contributed by atoms with van der Waals surface area (Å²) in [6, 6.07) is 19.9. The number of benzene rings is 2. The number of ether oxygens (including phenoxy) is 1. The van der Waals surface area contributed by atoms with Crippen LogP contribution in [0.5, 0.6) is 5.75 Å². The van der Waals surface area contributed by atoms with Crippen molar-refractivity contribution in [2.75, 3.05) is 24.3 Å². The predicted octanol–water partition coefficient (Wildman–Crippen LogP) is 6.80. The van der Waals surface area contributed by atoms with Gasteiger partial charge in [-0.25, -0.2) is 9.78 Å². The maximum atomic E-state index is 12.6. The zero-order valence-electron chi connectivity index (χ0n) is 22.0. The van der Waals surface area contributed by atoms with Gasteiger partial charge in [0, 0.05) is 30.0 Å². The minimum Gasteiger partial charge on any atom is -0.493 e. The summed E-state index contributed by atoms with van der Waals surface area (Å²) in [5, 5.41) is 17.4. The van der Waals surface area contributed by atoms with Crippen molar-refractivity contribution in [2.24, 2.45) is 11.8 Å². The van der Waals surface area contributed by atoms with E-state index in [2.05, 4.69) is 46.8 Å². The van der Waals surface area contributed by atoms with Crippen molar-refractivity contribution in [1.29, 1.82) is 0 Å². The lowest BCUT2D eigenvalue weighted by atomic mass is 9.59. The van der Waals surface area contributed by atoms with Crippen LogP contribution < -0.4 is 15.4 Å². The van der Waals surface area contributed by atoms with Gasteiger partial charge in [-0.2, -0.15) is 0 Å². The summed E-state index contributed by atoms with van der Waals surface area (Å²) >= 11 is 6.19. The highest BCUT2D eigenvalue weighted by Gasteiger charge is 2.53. The highest BCUT2D eigenvalue weighted by molar-refractivity contribution is 6.30. The number of halogens is 1. The largest absolute Gasteiger partial charge is 0.493 e. The number of aromatic nitrogens is 1. The van der Waals surface area contributed by atoms with Crippen molar-refractivity contribution in [3.8, 4) is 5.75 Å². The van der Waals surface area contributed by atoms with E-state index in [0.717, 1.165) is 42.9 Å². The molecule has 200 valence electrons. The van der Waals surface area contributed by atoms with Crippen LogP contribution in [0.15, 0.2) is 66.9 Å². The number of anilines is 2. The first-order valence-electron chi connectivity index (χ1n) is 13.5. The fraction of sp³-hybridized carbons (Fsp3) is 0.419. The Bertz CT molecular complexity index is 1290. The van der Waals surface area contributed by atoms with Crippen molar-refractivity contribution in [3.05, 3.63) is 83.0 Å². The molecule has 1 heterocycles. The normalized spacial score (nSPS) is 25.0. The summed E-state index contributed by atoms with van der Waals surface area (Å²) < 4.78 is 6.14. The molecule has 3 N–H and O–H groups in total. The second-order valence-corrected chi connectivity index (χ2v) is 11.5. The second kappa shape index (κ2) is 10.9. The Labute approximate surface area is 229 Å². The lowest BCUT2D eigenvalue weighted by Gasteiger charge is -2.47. The van der Waals surface area contributed by atoms with E-state index >= 15 is 0 Å². The smallest absolute Gasteiger partial charge is 0.329 e.